The summed E-state index contributed by atoms with van der Waals surface area (Å²) in [6, 6.07) is 3.43. The molecule has 3 nitrogen and oxygen atoms in total. The lowest BCUT2D eigenvalue weighted by Crippen LogP contribution is -2.18. The van der Waals surface area contributed by atoms with Crippen molar-refractivity contribution < 1.29 is 9.84 Å². The van der Waals surface area contributed by atoms with Gasteiger partial charge in [-0.1, -0.05) is 11.6 Å². The lowest BCUT2D eigenvalue weighted by molar-refractivity contribution is 0.317. The van der Waals surface area contributed by atoms with Crippen LogP contribution in [0.25, 0.3) is 0 Å². The Morgan fingerprint density at radius 1 is 1.38 bits per heavy atom. The Kier molecular flexibility index (Phi) is 3.56. The van der Waals surface area contributed by atoms with E-state index in [1.165, 1.54) is 20.0 Å². The molecule has 0 saturated carbocycles. The first kappa shape index (κ1) is 11.6. The van der Waals surface area contributed by atoms with E-state index in [1.807, 2.05) is 0 Å². The van der Waals surface area contributed by atoms with Crippen molar-refractivity contribution in [2.75, 3.05) is 20.2 Å². The number of methoxy groups -OCH3 is 1. The molecule has 0 unspecified atom stereocenters. The molecule has 0 atom stereocenters. The molecule has 1 saturated heterocycles. The van der Waals surface area contributed by atoms with E-state index >= 15 is 0 Å². The second-order valence-electron chi connectivity index (χ2n) is 4.10. The zero-order chi connectivity index (χ0) is 11.5. The SMILES string of the molecule is COc1cc(Cl)cc(CN2CCCC2)c1O. The van der Waals surface area contributed by atoms with Crippen molar-refractivity contribution in [2.45, 2.75) is 19.4 Å². The second kappa shape index (κ2) is 4.93. The molecule has 1 fully saturated rings. The molecule has 1 aromatic rings. The van der Waals surface area contributed by atoms with Gasteiger partial charge in [-0.2, -0.15) is 0 Å². The van der Waals surface area contributed by atoms with Crippen LogP contribution in [-0.2, 0) is 6.54 Å². The van der Waals surface area contributed by atoms with E-state index in [9.17, 15) is 5.11 Å². The molecule has 0 amide bonds. The minimum atomic E-state index is 0.207. The molecule has 16 heavy (non-hydrogen) atoms. The van der Waals surface area contributed by atoms with Gasteiger partial charge in [-0.05, 0) is 32.0 Å². The van der Waals surface area contributed by atoms with Gasteiger partial charge in [-0.3, -0.25) is 4.90 Å². The zero-order valence-electron chi connectivity index (χ0n) is 9.37. The largest absolute Gasteiger partial charge is 0.504 e. The number of halogens is 1. The van der Waals surface area contributed by atoms with E-state index in [4.69, 9.17) is 16.3 Å². The summed E-state index contributed by atoms with van der Waals surface area (Å²) >= 11 is 5.98. The summed E-state index contributed by atoms with van der Waals surface area (Å²) in [5, 5.41) is 10.6. The normalized spacial score (nSPS) is 16.6. The Morgan fingerprint density at radius 3 is 2.69 bits per heavy atom. The van der Waals surface area contributed by atoms with Crippen LogP contribution in [0.4, 0.5) is 0 Å². The topological polar surface area (TPSA) is 32.7 Å². The molecule has 1 N–H and O–H groups in total. The van der Waals surface area contributed by atoms with Gasteiger partial charge in [-0.25, -0.2) is 0 Å². The molecule has 0 aliphatic carbocycles. The summed E-state index contributed by atoms with van der Waals surface area (Å²) in [5.74, 6) is 0.653. The molecule has 0 aromatic heterocycles. The summed E-state index contributed by atoms with van der Waals surface area (Å²) in [7, 11) is 1.53. The molecule has 2 rings (SSSR count). The van der Waals surface area contributed by atoms with E-state index in [2.05, 4.69) is 4.90 Å². The lowest BCUT2D eigenvalue weighted by atomic mass is 10.1. The Bertz CT molecular complexity index is 376. The smallest absolute Gasteiger partial charge is 0.162 e. The van der Waals surface area contributed by atoms with Gasteiger partial charge in [0.15, 0.2) is 11.5 Å². The molecular formula is C12H16ClNO2. The van der Waals surface area contributed by atoms with Crippen molar-refractivity contribution in [3.05, 3.63) is 22.7 Å². The van der Waals surface area contributed by atoms with Crippen LogP contribution >= 0.6 is 11.6 Å². The van der Waals surface area contributed by atoms with Crippen molar-refractivity contribution in [3.8, 4) is 11.5 Å². The monoisotopic (exact) mass is 241 g/mol. The Balaban J connectivity index is 2.21. The molecule has 1 aliphatic rings. The molecule has 1 aliphatic heterocycles. The molecule has 0 spiro atoms. The molecule has 0 bridgehead atoms. The van der Waals surface area contributed by atoms with E-state index in [0.29, 0.717) is 10.8 Å². The van der Waals surface area contributed by atoms with Gasteiger partial charge >= 0.3 is 0 Å². The standard InChI is InChI=1S/C12H16ClNO2/c1-16-11-7-10(13)6-9(12(11)15)8-14-4-2-3-5-14/h6-7,15H,2-5,8H2,1H3. The highest BCUT2D eigenvalue weighted by molar-refractivity contribution is 6.30. The number of phenols is 1. The number of rotatable bonds is 3. The number of benzene rings is 1. The van der Waals surface area contributed by atoms with Crippen LogP contribution in [0.15, 0.2) is 12.1 Å². The summed E-state index contributed by atoms with van der Waals surface area (Å²) in [4.78, 5) is 2.31. The molecule has 4 heteroatoms. The van der Waals surface area contributed by atoms with Crippen molar-refractivity contribution in [3.63, 3.8) is 0 Å². The third kappa shape index (κ3) is 2.42. The first-order chi connectivity index (χ1) is 7.70. The quantitative estimate of drug-likeness (QED) is 0.883. The van der Waals surface area contributed by atoms with Gasteiger partial charge in [-0.15, -0.1) is 0 Å². The highest BCUT2D eigenvalue weighted by Crippen LogP contribution is 2.34. The van der Waals surface area contributed by atoms with Crippen molar-refractivity contribution in [1.82, 2.24) is 4.90 Å². The highest BCUT2D eigenvalue weighted by Gasteiger charge is 2.16. The lowest BCUT2D eigenvalue weighted by Gasteiger charge is -2.17. The van der Waals surface area contributed by atoms with E-state index in [1.54, 1.807) is 12.1 Å². The van der Waals surface area contributed by atoms with Gasteiger partial charge in [0.05, 0.1) is 7.11 Å². The fraction of sp³-hybridized carbons (Fsp3) is 0.500. The maximum atomic E-state index is 9.96. The van der Waals surface area contributed by atoms with Crippen LogP contribution in [0.1, 0.15) is 18.4 Å². The molecule has 88 valence electrons. The number of likely N-dealkylation sites (tertiary alicyclic amines) is 1. The summed E-state index contributed by atoms with van der Waals surface area (Å²) < 4.78 is 5.08. The Hall–Kier alpha value is -0.930. The van der Waals surface area contributed by atoms with Crippen molar-refractivity contribution >= 4 is 11.6 Å². The van der Waals surface area contributed by atoms with E-state index < -0.39 is 0 Å². The summed E-state index contributed by atoms with van der Waals surface area (Å²) in [5.41, 5.74) is 0.839. The van der Waals surface area contributed by atoms with Gasteiger partial charge in [0.1, 0.15) is 0 Å². The first-order valence-corrected chi connectivity index (χ1v) is 5.86. The Morgan fingerprint density at radius 2 is 2.06 bits per heavy atom. The first-order valence-electron chi connectivity index (χ1n) is 5.48. The number of nitrogens with zero attached hydrogens (tertiary/aromatic N) is 1. The van der Waals surface area contributed by atoms with E-state index in [-0.39, 0.29) is 5.75 Å². The fourth-order valence-corrected chi connectivity index (χ4v) is 2.32. The van der Waals surface area contributed by atoms with Gasteiger partial charge in [0.2, 0.25) is 0 Å². The van der Waals surface area contributed by atoms with Crippen LogP contribution in [0.5, 0.6) is 11.5 Å². The van der Waals surface area contributed by atoms with E-state index in [0.717, 1.165) is 25.2 Å². The van der Waals surface area contributed by atoms with Gasteiger partial charge in [0.25, 0.3) is 0 Å². The summed E-state index contributed by atoms with van der Waals surface area (Å²) in [6.45, 7) is 2.92. The molecular weight excluding hydrogens is 226 g/mol. The number of phenolic OH excluding ortho intramolecular Hbond substituents is 1. The maximum Gasteiger partial charge on any atom is 0.162 e. The van der Waals surface area contributed by atoms with Gasteiger partial charge < -0.3 is 9.84 Å². The van der Waals surface area contributed by atoms with Crippen molar-refractivity contribution in [2.24, 2.45) is 0 Å². The average Bonchev–Trinajstić information content (AvgIpc) is 2.75. The number of aromatic hydroxyl groups is 1. The van der Waals surface area contributed by atoms with Crippen LogP contribution < -0.4 is 4.74 Å². The average molecular weight is 242 g/mol. The van der Waals surface area contributed by atoms with Crippen LogP contribution in [0.2, 0.25) is 5.02 Å². The highest BCUT2D eigenvalue weighted by atomic mass is 35.5. The Labute approximate surface area is 101 Å². The number of hydrogen-bond acceptors (Lipinski definition) is 3. The zero-order valence-corrected chi connectivity index (χ0v) is 10.1. The third-order valence-corrected chi connectivity index (χ3v) is 3.15. The predicted octanol–water partition coefficient (Wildman–Crippen LogP) is 2.65. The van der Waals surface area contributed by atoms with Crippen LogP contribution in [0, 0.1) is 0 Å². The fourth-order valence-electron chi connectivity index (χ4n) is 2.09. The van der Waals surface area contributed by atoms with Crippen LogP contribution in [0.3, 0.4) is 0 Å². The molecule has 0 radical (unpaired) electrons. The predicted molar refractivity (Wildman–Crippen MR) is 64.2 cm³/mol. The maximum absolute atomic E-state index is 9.96. The minimum absolute atomic E-state index is 0.207. The molecule has 1 heterocycles. The number of hydrogen-bond donors (Lipinski definition) is 1. The van der Waals surface area contributed by atoms with Gasteiger partial charge in [0, 0.05) is 23.2 Å². The van der Waals surface area contributed by atoms with Crippen LogP contribution in [-0.4, -0.2) is 30.2 Å². The minimum Gasteiger partial charge on any atom is -0.504 e. The summed E-state index contributed by atoms with van der Waals surface area (Å²) in [6.07, 6.45) is 2.47. The van der Waals surface area contributed by atoms with Crippen molar-refractivity contribution in [1.29, 1.82) is 0 Å². The molecule has 1 aromatic carbocycles. The third-order valence-electron chi connectivity index (χ3n) is 2.93. The second-order valence-corrected chi connectivity index (χ2v) is 4.54. The number of ether oxygens (including phenoxy) is 1.